The second-order valence-corrected chi connectivity index (χ2v) is 3.55. The van der Waals surface area contributed by atoms with Crippen LogP contribution in [-0.2, 0) is 14.4 Å². The van der Waals surface area contributed by atoms with E-state index in [1.807, 2.05) is 6.07 Å². The molecule has 2 rings (SSSR count). The number of carbonyl (C=O) groups is 2. The third-order valence-corrected chi connectivity index (χ3v) is 2.43. The molecule has 1 aliphatic heterocycles. The summed E-state index contributed by atoms with van der Waals surface area (Å²) in [5.74, 6) is -0.749. The molecule has 1 aromatic carbocycles. The Morgan fingerprint density at radius 1 is 1.35 bits per heavy atom. The van der Waals surface area contributed by atoms with Crippen molar-refractivity contribution in [1.29, 1.82) is 0 Å². The molecule has 0 radical (unpaired) electrons. The Hall–Kier alpha value is -2.17. The molecule has 1 aromatic rings. The molecule has 1 unspecified atom stereocenters. The van der Waals surface area contributed by atoms with Gasteiger partial charge in [-0.25, -0.2) is 4.79 Å². The Morgan fingerprint density at radius 3 is 2.71 bits per heavy atom. The van der Waals surface area contributed by atoms with E-state index in [2.05, 4.69) is 9.89 Å². The summed E-state index contributed by atoms with van der Waals surface area (Å²) in [5, 5.41) is 3.63. The predicted molar refractivity (Wildman–Crippen MR) is 59.7 cm³/mol. The average molecular weight is 233 g/mol. The largest absolute Gasteiger partial charge is 0.466 e. The van der Waals surface area contributed by atoms with E-state index >= 15 is 0 Å². The second-order valence-electron chi connectivity index (χ2n) is 3.55. The first-order chi connectivity index (χ1) is 8.22. The summed E-state index contributed by atoms with van der Waals surface area (Å²) in [4.78, 5) is 28.0. The van der Waals surface area contributed by atoms with E-state index in [0.717, 1.165) is 0 Å². The van der Waals surface area contributed by atoms with Crippen molar-refractivity contribution in [2.75, 3.05) is 7.11 Å². The number of esters is 1. The molecule has 0 saturated carbocycles. The number of ether oxygens (including phenoxy) is 1. The predicted octanol–water partition coefficient (Wildman–Crippen LogP) is 1.19. The first-order valence-electron chi connectivity index (χ1n) is 5.12. The highest BCUT2D eigenvalue weighted by Crippen LogP contribution is 2.15. The van der Waals surface area contributed by atoms with Crippen LogP contribution in [0, 0.1) is 0 Å². The van der Waals surface area contributed by atoms with Gasteiger partial charge in [-0.2, -0.15) is 0 Å². The maximum absolute atomic E-state index is 11.9. The van der Waals surface area contributed by atoms with E-state index < -0.39 is 12.1 Å². The molecule has 0 N–H and O–H groups in total. The summed E-state index contributed by atoms with van der Waals surface area (Å²) in [6, 6.07) is 8.73. The van der Waals surface area contributed by atoms with Crippen molar-refractivity contribution in [3.63, 3.8) is 0 Å². The van der Waals surface area contributed by atoms with Crippen LogP contribution in [0.4, 0.5) is 0 Å². The highest BCUT2D eigenvalue weighted by molar-refractivity contribution is 6.46. The minimum absolute atomic E-state index is 0.153. The van der Waals surface area contributed by atoms with E-state index in [1.165, 1.54) is 7.11 Å². The van der Waals surface area contributed by atoms with E-state index in [9.17, 15) is 9.59 Å². The highest BCUT2D eigenvalue weighted by atomic mass is 16.7. The maximum atomic E-state index is 11.9. The number of benzene rings is 1. The van der Waals surface area contributed by atoms with Gasteiger partial charge in [-0.1, -0.05) is 35.5 Å². The number of carbonyl (C=O) groups excluding carboxylic acids is 2. The molecule has 17 heavy (non-hydrogen) atoms. The smallest absolute Gasteiger partial charge is 0.350 e. The fourth-order valence-electron chi connectivity index (χ4n) is 1.53. The van der Waals surface area contributed by atoms with E-state index in [1.54, 1.807) is 24.3 Å². The molecule has 0 bridgehead atoms. The van der Waals surface area contributed by atoms with Gasteiger partial charge in [0.25, 0.3) is 0 Å². The van der Waals surface area contributed by atoms with Crippen LogP contribution in [0.1, 0.15) is 16.8 Å². The van der Waals surface area contributed by atoms with Gasteiger partial charge in [0.1, 0.15) is 5.71 Å². The Balaban J connectivity index is 2.07. The fourth-order valence-corrected chi connectivity index (χ4v) is 1.53. The van der Waals surface area contributed by atoms with Gasteiger partial charge in [0.15, 0.2) is 0 Å². The van der Waals surface area contributed by atoms with Crippen LogP contribution in [0.2, 0.25) is 0 Å². The van der Waals surface area contributed by atoms with Crippen LogP contribution in [0.25, 0.3) is 0 Å². The minimum atomic E-state index is -0.803. The van der Waals surface area contributed by atoms with Crippen LogP contribution in [0.15, 0.2) is 35.5 Å². The summed E-state index contributed by atoms with van der Waals surface area (Å²) in [7, 11) is 1.27. The van der Waals surface area contributed by atoms with E-state index in [0.29, 0.717) is 5.56 Å². The zero-order valence-electron chi connectivity index (χ0n) is 9.25. The van der Waals surface area contributed by atoms with Gasteiger partial charge in [0.2, 0.25) is 11.9 Å². The molecule has 5 heteroatoms. The van der Waals surface area contributed by atoms with Crippen molar-refractivity contribution in [2.45, 2.75) is 12.5 Å². The van der Waals surface area contributed by atoms with Gasteiger partial charge >= 0.3 is 5.97 Å². The molecular weight excluding hydrogens is 222 g/mol. The second kappa shape index (κ2) is 4.78. The van der Waals surface area contributed by atoms with E-state index in [4.69, 9.17) is 4.84 Å². The van der Waals surface area contributed by atoms with Crippen molar-refractivity contribution < 1.29 is 19.2 Å². The van der Waals surface area contributed by atoms with Crippen LogP contribution in [0.5, 0.6) is 0 Å². The Kier molecular flexibility index (Phi) is 3.18. The lowest BCUT2D eigenvalue weighted by Crippen LogP contribution is -2.24. The molecule has 1 atom stereocenters. The summed E-state index contributed by atoms with van der Waals surface area (Å²) in [6.07, 6.45) is -0.650. The molecule has 0 spiro atoms. The number of oxime groups is 1. The average Bonchev–Trinajstić information content (AvgIpc) is 2.87. The summed E-state index contributed by atoms with van der Waals surface area (Å²) in [5.41, 5.74) is 0.770. The highest BCUT2D eigenvalue weighted by Gasteiger charge is 2.32. The first kappa shape index (κ1) is 11.3. The molecule has 5 nitrogen and oxygen atoms in total. The van der Waals surface area contributed by atoms with Crippen LogP contribution >= 0.6 is 0 Å². The van der Waals surface area contributed by atoms with Crippen molar-refractivity contribution in [2.24, 2.45) is 5.16 Å². The molecule has 0 fully saturated rings. The number of Topliss-reactive ketones (excluding diaryl/α,β-unsaturated/α-hetero) is 1. The van der Waals surface area contributed by atoms with Crippen LogP contribution in [0.3, 0.4) is 0 Å². The van der Waals surface area contributed by atoms with Crippen LogP contribution < -0.4 is 0 Å². The SMILES string of the molecule is COC(=O)C1CC(C(=O)c2ccccc2)=NO1. The van der Waals surface area contributed by atoms with Gasteiger partial charge in [-0.05, 0) is 0 Å². The Labute approximate surface area is 98.0 Å². The molecule has 88 valence electrons. The fraction of sp³-hybridized carbons (Fsp3) is 0.250. The van der Waals surface area contributed by atoms with Gasteiger partial charge in [-0.15, -0.1) is 0 Å². The Bertz CT molecular complexity index is 467. The number of rotatable bonds is 3. The monoisotopic (exact) mass is 233 g/mol. The number of ketones is 1. The molecule has 0 amide bonds. The third kappa shape index (κ3) is 2.33. The van der Waals surface area contributed by atoms with Crippen molar-refractivity contribution in [3.8, 4) is 0 Å². The lowest BCUT2D eigenvalue weighted by atomic mass is 10.0. The van der Waals surface area contributed by atoms with E-state index in [-0.39, 0.29) is 17.9 Å². The summed E-state index contributed by atoms with van der Waals surface area (Å²) >= 11 is 0. The number of hydrogen-bond donors (Lipinski definition) is 0. The van der Waals surface area contributed by atoms with Gasteiger partial charge in [-0.3, -0.25) is 4.79 Å². The topological polar surface area (TPSA) is 65.0 Å². The quantitative estimate of drug-likeness (QED) is 0.581. The summed E-state index contributed by atoms with van der Waals surface area (Å²) < 4.78 is 4.52. The Morgan fingerprint density at radius 2 is 2.06 bits per heavy atom. The number of hydrogen-bond acceptors (Lipinski definition) is 5. The van der Waals surface area contributed by atoms with Gasteiger partial charge in [0.05, 0.1) is 7.11 Å². The van der Waals surface area contributed by atoms with Crippen LogP contribution in [-0.4, -0.2) is 30.7 Å². The normalized spacial score (nSPS) is 18.2. The zero-order chi connectivity index (χ0) is 12.3. The maximum Gasteiger partial charge on any atom is 0.350 e. The molecule has 0 saturated heterocycles. The van der Waals surface area contributed by atoms with Gasteiger partial charge < -0.3 is 9.57 Å². The summed E-state index contributed by atoms with van der Waals surface area (Å²) in [6.45, 7) is 0. The molecule has 1 aliphatic rings. The number of methoxy groups -OCH3 is 1. The molecular formula is C12H11NO4. The first-order valence-corrected chi connectivity index (χ1v) is 5.12. The molecule has 1 heterocycles. The van der Waals surface area contributed by atoms with Gasteiger partial charge in [0, 0.05) is 12.0 Å². The number of nitrogens with zero attached hydrogens (tertiary/aromatic N) is 1. The lowest BCUT2D eigenvalue weighted by molar-refractivity contribution is -0.152. The van der Waals surface area contributed by atoms with Crippen molar-refractivity contribution in [3.05, 3.63) is 35.9 Å². The third-order valence-electron chi connectivity index (χ3n) is 2.43. The van der Waals surface area contributed by atoms with Crippen molar-refractivity contribution >= 4 is 17.5 Å². The lowest BCUT2D eigenvalue weighted by Gasteiger charge is -2.03. The van der Waals surface area contributed by atoms with Crippen molar-refractivity contribution in [1.82, 2.24) is 0 Å². The zero-order valence-corrected chi connectivity index (χ0v) is 9.25. The minimum Gasteiger partial charge on any atom is -0.466 e. The standard InChI is InChI=1S/C12H11NO4/c1-16-12(15)10-7-9(13-17-10)11(14)8-5-3-2-4-6-8/h2-6,10H,7H2,1H3. The molecule has 0 aliphatic carbocycles. The molecule has 0 aromatic heterocycles.